The average Bonchev–Trinajstić information content (AvgIpc) is 2.91. The summed E-state index contributed by atoms with van der Waals surface area (Å²) in [6.45, 7) is 1.84. The van der Waals surface area contributed by atoms with E-state index in [1.807, 2.05) is 0 Å². The molecule has 0 aliphatic rings. The van der Waals surface area contributed by atoms with E-state index in [1.54, 1.807) is 25.1 Å². The molecule has 1 aromatic carbocycles. The Morgan fingerprint density at radius 3 is 2.50 bits per heavy atom. The molecule has 1 aromatic heterocycles. The Balaban J connectivity index is 1.97. The number of nitrogens with one attached hydrogen (secondary N) is 1. The second-order valence-corrected chi connectivity index (χ2v) is 5.07. The summed E-state index contributed by atoms with van der Waals surface area (Å²) in [7, 11) is 0. The van der Waals surface area contributed by atoms with Gasteiger partial charge in [0.05, 0.1) is 12.2 Å². The van der Waals surface area contributed by atoms with E-state index in [9.17, 15) is 14.0 Å². The van der Waals surface area contributed by atoms with E-state index in [0.717, 1.165) is 5.56 Å². The Hall–Kier alpha value is -2.63. The molecule has 3 N–H and O–H groups in total. The molecule has 116 valence electrons. The highest BCUT2D eigenvalue weighted by Gasteiger charge is 2.19. The number of hydrogen-bond acceptors (Lipinski definition) is 3. The molecule has 1 atom stereocenters. The summed E-state index contributed by atoms with van der Waals surface area (Å²) in [5.74, 6) is -1.63. The van der Waals surface area contributed by atoms with Gasteiger partial charge in [-0.25, -0.2) is 4.39 Å². The molecule has 22 heavy (non-hydrogen) atoms. The van der Waals surface area contributed by atoms with E-state index in [1.165, 1.54) is 18.4 Å². The predicted octanol–water partition coefficient (Wildman–Crippen LogP) is 1.80. The maximum atomic E-state index is 12.9. The molecule has 5 nitrogen and oxygen atoms in total. The molecule has 1 heterocycles. The molecule has 0 saturated carbocycles. The zero-order valence-electron chi connectivity index (χ0n) is 12.1. The largest absolute Gasteiger partial charge is 0.459 e. The molecule has 0 bridgehead atoms. The molecule has 6 heteroatoms. The van der Waals surface area contributed by atoms with Gasteiger partial charge in [-0.15, -0.1) is 0 Å². The van der Waals surface area contributed by atoms with E-state index in [4.69, 9.17) is 10.2 Å². The first-order chi connectivity index (χ1) is 10.5. The van der Waals surface area contributed by atoms with Crippen molar-refractivity contribution in [3.05, 3.63) is 59.3 Å². The number of carbonyl (C=O) groups is 2. The van der Waals surface area contributed by atoms with Gasteiger partial charge in [0.2, 0.25) is 5.91 Å². The van der Waals surface area contributed by atoms with Crippen molar-refractivity contribution in [1.82, 2.24) is 5.32 Å². The summed E-state index contributed by atoms with van der Waals surface area (Å²) in [6.07, 6.45) is 1.75. The molecule has 0 radical (unpaired) electrons. The van der Waals surface area contributed by atoms with Crippen LogP contribution in [0, 0.1) is 18.7 Å². The normalized spacial score (nSPS) is 11.9. The Morgan fingerprint density at radius 1 is 1.27 bits per heavy atom. The molecular weight excluding hydrogens is 287 g/mol. The second kappa shape index (κ2) is 6.89. The van der Waals surface area contributed by atoms with Crippen LogP contribution in [0.4, 0.5) is 4.39 Å². The van der Waals surface area contributed by atoms with Crippen molar-refractivity contribution in [2.75, 3.05) is 6.54 Å². The molecule has 2 amide bonds. The van der Waals surface area contributed by atoms with E-state index in [2.05, 4.69) is 5.32 Å². The van der Waals surface area contributed by atoms with Gasteiger partial charge in [0.15, 0.2) is 5.76 Å². The zero-order valence-corrected chi connectivity index (χ0v) is 12.1. The number of benzene rings is 1. The Bertz CT molecular complexity index is 664. The highest BCUT2D eigenvalue weighted by atomic mass is 19.1. The smallest absolute Gasteiger partial charge is 0.287 e. The molecule has 2 aromatic rings. The summed E-state index contributed by atoms with van der Waals surface area (Å²) < 4.78 is 18.0. The quantitative estimate of drug-likeness (QED) is 0.853. The topological polar surface area (TPSA) is 85.3 Å². The Morgan fingerprint density at radius 2 is 1.95 bits per heavy atom. The lowest BCUT2D eigenvalue weighted by molar-refractivity contribution is -0.121. The second-order valence-electron chi connectivity index (χ2n) is 5.07. The van der Waals surface area contributed by atoms with E-state index in [-0.39, 0.29) is 18.1 Å². The summed E-state index contributed by atoms with van der Waals surface area (Å²) in [6, 6.07) is 7.49. The van der Waals surface area contributed by atoms with Crippen molar-refractivity contribution in [1.29, 1.82) is 0 Å². The molecule has 2 rings (SSSR count). The van der Waals surface area contributed by atoms with Crippen molar-refractivity contribution >= 4 is 11.8 Å². The fraction of sp³-hybridized carbons (Fsp3) is 0.250. The van der Waals surface area contributed by atoms with Gasteiger partial charge in [-0.2, -0.15) is 0 Å². The zero-order chi connectivity index (χ0) is 16.1. The first-order valence-corrected chi connectivity index (χ1v) is 6.83. The number of amides is 2. The minimum Gasteiger partial charge on any atom is -0.459 e. The predicted molar refractivity (Wildman–Crippen MR) is 78.6 cm³/mol. The first-order valence-electron chi connectivity index (χ1n) is 6.83. The van der Waals surface area contributed by atoms with Crippen LogP contribution in [-0.2, 0) is 11.2 Å². The molecule has 0 aliphatic heterocycles. The standard InChI is InChI=1S/C16H17FN2O3/c1-10-6-7-22-14(10)16(21)19-9-12(15(18)20)8-11-2-4-13(17)5-3-11/h2-7,12H,8-9H2,1H3,(H2,18,20)(H,19,21)/t12-/m1/s1. The van der Waals surface area contributed by atoms with E-state index < -0.39 is 17.7 Å². The van der Waals surface area contributed by atoms with Gasteiger partial charge in [0, 0.05) is 12.1 Å². The molecule has 0 aliphatic carbocycles. The third kappa shape index (κ3) is 3.94. The van der Waals surface area contributed by atoms with Crippen molar-refractivity contribution in [3.63, 3.8) is 0 Å². The molecule has 0 saturated heterocycles. The van der Waals surface area contributed by atoms with Gasteiger partial charge in [-0.05, 0) is 37.1 Å². The number of primary amides is 1. The maximum absolute atomic E-state index is 12.9. The van der Waals surface area contributed by atoms with Gasteiger partial charge in [0.25, 0.3) is 5.91 Å². The van der Waals surface area contributed by atoms with Crippen molar-refractivity contribution in [3.8, 4) is 0 Å². The van der Waals surface area contributed by atoms with Crippen LogP contribution in [0.2, 0.25) is 0 Å². The highest BCUT2D eigenvalue weighted by molar-refractivity contribution is 5.93. The number of rotatable bonds is 6. The average molecular weight is 304 g/mol. The Labute approximate surface area is 127 Å². The molecular formula is C16H17FN2O3. The van der Waals surface area contributed by atoms with Gasteiger partial charge in [0.1, 0.15) is 5.82 Å². The van der Waals surface area contributed by atoms with Crippen molar-refractivity contribution < 1.29 is 18.4 Å². The number of furan rings is 1. The number of halogens is 1. The Kier molecular flexibility index (Phi) is 4.93. The first kappa shape index (κ1) is 15.8. The number of carbonyl (C=O) groups excluding carboxylic acids is 2. The van der Waals surface area contributed by atoms with Crippen molar-refractivity contribution in [2.45, 2.75) is 13.3 Å². The minimum atomic E-state index is -0.579. The van der Waals surface area contributed by atoms with E-state index in [0.29, 0.717) is 12.0 Å². The fourth-order valence-electron chi connectivity index (χ4n) is 2.08. The van der Waals surface area contributed by atoms with Gasteiger partial charge < -0.3 is 15.5 Å². The van der Waals surface area contributed by atoms with Crippen LogP contribution in [0.25, 0.3) is 0 Å². The minimum absolute atomic E-state index is 0.0890. The lowest BCUT2D eigenvalue weighted by atomic mass is 9.98. The van der Waals surface area contributed by atoms with Crippen LogP contribution >= 0.6 is 0 Å². The lowest BCUT2D eigenvalue weighted by Gasteiger charge is -2.14. The SMILES string of the molecule is Cc1ccoc1C(=O)NC[C@@H](Cc1ccc(F)cc1)C(N)=O. The van der Waals surface area contributed by atoms with Crippen molar-refractivity contribution in [2.24, 2.45) is 11.7 Å². The summed E-state index contributed by atoms with van der Waals surface area (Å²) in [4.78, 5) is 23.5. The molecule has 0 fully saturated rings. The van der Waals surface area contributed by atoms with Crippen LogP contribution in [-0.4, -0.2) is 18.4 Å². The maximum Gasteiger partial charge on any atom is 0.287 e. The molecule has 0 spiro atoms. The van der Waals surface area contributed by atoms with Gasteiger partial charge in [-0.3, -0.25) is 9.59 Å². The van der Waals surface area contributed by atoms with Crippen LogP contribution < -0.4 is 11.1 Å². The summed E-state index contributed by atoms with van der Waals surface area (Å²) in [5.41, 5.74) is 6.85. The third-order valence-corrected chi connectivity index (χ3v) is 3.38. The number of hydrogen-bond donors (Lipinski definition) is 2. The fourth-order valence-corrected chi connectivity index (χ4v) is 2.08. The van der Waals surface area contributed by atoms with Crippen LogP contribution in [0.3, 0.4) is 0 Å². The highest BCUT2D eigenvalue weighted by Crippen LogP contribution is 2.11. The summed E-state index contributed by atoms with van der Waals surface area (Å²) >= 11 is 0. The lowest BCUT2D eigenvalue weighted by Crippen LogP contribution is -2.37. The van der Waals surface area contributed by atoms with Gasteiger partial charge in [-0.1, -0.05) is 12.1 Å². The van der Waals surface area contributed by atoms with Crippen LogP contribution in [0.1, 0.15) is 21.7 Å². The van der Waals surface area contributed by atoms with Crippen LogP contribution in [0.15, 0.2) is 41.0 Å². The van der Waals surface area contributed by atoms with E-state index >= 15 is 0 Å². The number of nitrogens with two attached hydrogens (primary N) is 1. The summed E-state index contributed by atoms with van der Waals surface area (Å²) in [5, 5.41) is 2.63. The third-order valence-electron chi connectivity index (χ3n) is 3.38. The monoisotopic (exact) mass is 304 g/mol. The van der Waals surface area contributed by atoms with Gasteiger partial charge >= 0.3 is 0 Å². The van der Waals surface area contributed by atoms with Crippen LogP contribution in [0.5, 0.6) is 0 Å². The number of aryl methyl sites for hydroxylation is 1. The molecule has 0 unspecified atom stereocenters.